The second-order valence-electron chi connectivity index (χ2n) is 10.2. The van der Waals surface area contributed by atoms with Gasteiger partial charge in [-0.1, -0.05) is 56.3 Å². The van der Waals surface area contributed by atoms with Crippen LogP contribution in [0.25, 0.3) is 22.3 Å². The summed E-state index contributed by atoms with van der Waals surface area (Å²) in [6.07, 6.45) is 1.58. The Morgan fingerprint density at radius 3 is 2.52 bits per heavy atom. The number of methoxy groups -OCH3 is 1. The van der Waals surface area contributed by atoms with Gasteiger partial charge in [-0.2, -0.15) is 9.78 Å². The summed E-state index contributed by atoms with van der Waals surface area (Å²) < 4.78 is 12.7. The van der Waals surface area contributed by atoms with Crippen molar-refractivity contribution in [1.82, 2.24) is 9.66 Å². The van der Waals surface area contributed by atoms with E-state index in [9.17, 15) is 9.59 Å². The zero-order chi connectivity index (χ0) is 29.6. The van der Waals surface area contributed by atoms with Crippen molar-refractivity contribution in [3.63, 3.8) is 0 Å². The van der Waals surface area contributed by atoms with E-state index in [2.05, 4.69) is 24.3 Å². The van der Waals surface area contributed by atoms with Crippen molar-refractivity contribution in [3.05, 3.63) is 118 Å². The lowest BCUT2D eigenvalue weighted by molar-refractivity contribution is -0.118. The maximum Gasteiger partial charge on any atom is 0.282 e. The smallest absolute Gasteiger partial charge is 0.282 e. The number of carbonyl (C=O) groups excluding carboxylic acids is 1. The Bertz CT molecular complexity index is 1830. The van der Waals surface area contributed by atoms with E-state index in [0.29, 0.717) is 33.7 Å². The maximum absolute atomic E-state index is 13.7. The van der Waals surface area contributed by atoms with Crippen LogP contribution in [0.2, 0.25) is 0 Å². The molecule has 0 unspecified atom stereocenters. The summed E-state index contributed by atoms with van der Waals surface area (Å²) in [5, 5.41) is 7.87. The topological polar surface area (TPSA) is 94.8 Å². The first-order chi connectivity index (χ1) is 20.3. The molecule has 1 heterocycles. The number of ether oxygens (including phenoxy) is 2. The van der Waals surface area contributed by atoms with Gasteiger partial charge in [0.05, 0.1) is 24.2 Å². The number of aryl methyl sites for hydroxylation is 1. The van der Waals surface area contributed by atoms with Gasteiger partial charge in [0, 0.05) is 11.3 Å². The Labute approximate surface area is 244 Å². The third-order valence-electron chi connectivity index (χ3n) is 6.80. The summed E-state index contributed by atoms with van der Waals surface area (Å²) in [5.41, 5.74) is 4.42. The van der Waals surface area contributed by atoms with Gasteiger partial charge in [-0.3, -0.25) is 9.59 Å². The summed E-state index contributed by atoms with van der Waals surface area (Å²) in [6.45, 7) is 6.00. The molecular weight excluding hydrogens is 528 g/mol. The van der Waals surface area contributed by atoms with Gasteiger partial charge in [-0.25, -0.2) is 4.98 Å². The summed E-state index contributed by atoms with van der Waals surface area (Å²) in [5.74, 6) is 1.65. The fraction of sp³-hybridized carbons (Fsp3) is 0.176. The van der Waals surface area contributed by atoms with Crippen LogP contribution >= 0.6 is 0 Å². The second-order valence-corrected chi connectivity index (χ2v) is 10.2. The van der Waals surface area contributed by atoms with Gasteiger partial charge in [0.2, 0.25) is 0 Å². The first-order valence-corrected chi connectivity index (χ1v) is 13.7. The third-order valence-corrected chi connectivity index (χ3v) is 6.80. The number of benzene rings is 4. The van der Waals surface area contributed by atoms with Gasteiger partial charge in [0.15, 0.2) is 12.4 Å². The summed E-state index contributed by atoms with van der Waals surface area (Å²) >= 11 is 0. The molecule has 0 aliphatic heterocycles. The standard InChI is InChI=1S/C34H32N4O4/c1-22(2)28-19-29(23(3)17-31(28)41-4)33-37-30-16-9-8-15-27(30)34(40)38(33)35-20-24-11-10-14-26(18-24)42-21-32(39)36-25-12-6-5-7-13-25/h5-20,22H,21H2,1-4H3,(H,36,39). The average molecular weight is 561 g/mol. The summed E-state index contributed by atoms with van der Waals surface area (Å²) in [6, 6.07) is 27.6. The lowest BCUT2D eigenvalue weighted by Crippen LogP contribution is -2.21. The van der Waals surface area contributed by atoms with Crippen LogP contribution in [0, 0.1) is 6.92 Å². The number of carbonyl (C=O) groups is 1. The van der Waals surface area contributed by atoms with Crippen molar-refractivity contribution in [3.8, 4) is 22.9 Å². The summed E-state index contributed by atoms with van der Waals surface area (Å²) in [4.78, 5) is 30.9. The van der Waals surface area contributed by atoms with E-state index in [-0.39, 0.29) is 24.0 Å². The summed E-state index contributed by atoms with van der Waals surface area (Å²) in [7, 11) is 1.66. The van der Waals surface area contributed by atoms with Crippen LogP contribution in [0.15, 0.2) is 101 Å². The van der Waals surface area contributed by atoms with Crippen LogP contribution in [-0.4, -0.2) is 35.5 Å². The molecular formula is C34H32N4O4. The Kier molecular flexibility index (Phi) is 8.43. The van der Waals surface area contributed by atoms with Crippen LogP contribution < -0.4 is 20.3 Å². The largest absolute Gasteiger partial charge is 0.496 e. The molecule has 212 valence electrons. The Morgan fingerprint density at radius 2 is 1.76 bits per heavy atom. The minimum absolute atomic E-state index is 0.150. The quantitative estimate of drug-likeness (QED) is 0.211. The van der Waals surface area contributed by atoms with Crippen molar-refractivity contribution in [1.29, 1.82) is 0 Å². The molecule has 5 rings (SSSR count). The highest BCUT2D eigenvalue weighted by Gasteiger charge is 2.18. The minimum atomic E-state index is -0.279. The highest BCUT2D eigenvalue weighted by atomic mass is 16.5. The molecule has 8 heteroatoms. The molecule has 0 radical (unpaired) electrons. The average Bonchev–Trinajstić information content (AvgIpc) is 3.00. The zero-order valence-corrected chi connectivity index (χ0v) is 24.0. The fourth-order valence-corrected chi connectivity index (χ4v) is 4.65. The number of aromatic nitrogens is 2. The number of nitrogens with one attached hydrogen (secondary N) is 1. The van der Waals surface area contributed by atoms with Gasteiger partial charge in [0.1, 0.15) is 11.5 Å². The van der Waals surface area contributed by atoms with Crippen molar-refractivity contribution < 1.29 is 14.3 Å². The number of rotatable bonds is 9. The van der Waals surface area contributed by atoms with E-state index in [1.165, 1.54) is 4.68 Å². The molecule has 42 heavy (non-hydrogen) atoms. The normalized spacial score (nSPS) is 11.3. The van der Waals surface area contributed by atoms with Crippen LogP contribution in [0.4, 0.5) is 5.69 Å². The Morgan fingerprint density at radius 1 is 1.00 bits per heavy atom. The first-order valence-electron chi connectivity index (χ1n) is 13.7. The number of nitrogens with zero attached hydrogens (tertiary/aromatic N) is 3. The third kappa shape index (κ3) is 6.23. The van der Waals surface area contributed by atoms with Gasteiger partial charge >= 0.3 is 0 Å². The molecule has 8 nitrogen and oxygen atoms in total. The number of hydrogen-bond acceptors (Lipinski definition) is 6. The SMILES string of the molecule is COc1cc(C)c(-c2nc3ccccc3c(=O)n2N=Cc2cccc(OCC(=O)Nc3ccccc3)c2)cc1C(C)C. The maximum atomic E-state index is 13.7. The van der Waals surface area contributed by atoms with Crippen molar-refractivity contribution in [2.24, 2.45) is 5.10 Å². The highest BCUT2D eigenvalue weighted by molar-refractivity contribution is 5.92. The molecule has 0 fully saturated rings. The van der Waals surface area contributed by atoms with Crippen LogP contribution in [0.1, 0.15) is 36.5 Å². The molecule has 0 bridgehead atoms. The number of amides is 1. The number of fused-ring (bicyclic) bond motifs is 1. The zero-order valence-electron chi connectivity index (χ0n) is 24.0. The molecule has 0 saturated carbocycles. The predicted molar refractivity (Wildman–Crippen MR) is 167 cm³/mol. The van der Waals surface area contributed by atoms with Gasteiger partial charge in [-0.05, 0) is 78.1 Å². The van der Waals surface area contributed by atoms with Crippen molar-refractivity contribution >= 4 is 28.7 Å². The number of hydrogen-bond donors (Lipinski definition) is 1. The van der Waals surface area contributed by atoms with Gasteiger partial charge in [-0.15, -0.1) is 0 Å². The number of para-hydroxylation sites is 2. The van der Waals surface area contributed by atoms with Crippen LogP contribution in [0.3, 0.4) is 0 Å². The Balaban J connectivity index is 1.48. The molecule has 1 amide bonds. The molecule has 0 saturated heterocycles. The molecule has 1 N–H and O–H groups in total. The fourth-order valence-electron chi connectivity index (χ4n) is 4.65. The molecule has 0 spiro atoms. The molecule has 1 aromatic heterocycles. The van der Waals surface area contributed by atoms with E-state index in [0.717, 1.165) is 22.4 Å². The first kappa shape index (κ1) is 28.3. The van der Waals surface area contributed by atoms with E-state index >= 15 is 0 Å². The lowest BCUT2D eigenvalue weighted by atomic mass is 9.96. The van der Waals surface area contributed by atoms with E-state index in [4.69, 9.17) is 14.5 Å². The molecule has 5 aromatic rings. The number of anilines is 1. The predicted octanol–water partition coefficient (Wildman–Crippen LogP) is 6.40. The van der Waals surface area contributed by atoms with Crippen molar-refractivity contribution in [2.75, 3.05) is 19.0 Å². The molecule has 0 atom stereocenters. The lowest BCUT2D eigenvalue weighted by Gasteiger charge is -2.17. The van der Waals surface area contributed by atoms with Gasteiger partial charge < -0.3 is 14.8 Å². The molecule has 0 aliphatic rings. The van der Waals surface area contributed by atoms with E-state index < -0.39 is 0 Å². The Hall–Kier alpha value is -5.24. The van der Waals surface area contributed by atoms with Gasteiger partial charge in [0.25, 0.3) is 11.5 Å². The minimum Gasteiger partial charge on any atom is -0.496 e. The van der Waals surface area contributed by atoms with Crippen LogP contribution in [0.5, 0.6) is 11.5 Å². The monoisotopic (exact) mass is 560 g/mol. The van der Waals surface area contributed by atoms with Crippen molar-refractivity contribution in [2.45, 2.75) is 26.7 Å². The van der Waals surface area contributed by atoms with E-state index in [1.807, 2.05) is 73.7 Å². The highest BCUT2D eigenvalue weighted by Crippen LogP contribution is 2.34. The van der Waals surface area contributed by atoms with Crippen LogP contribution in [-0.2, 0) is 4.79 Å². The molecule has 0 aliphatic carbocycles. The molecule has 4 aromatic carbocycles. The van der Waals surface area contributed by atoms with E-state index in [1.54, 1.807) is 37.6 Å². The second kappa shape index (κ2) is 12.5.